The largest absolute Gasteiger partial charge is 0.459 e. The molecule has 1 fully saturated rings. The van der Waals surface area contributed by atoms with Crippen molar-refractivity contribution in [3.05, 3.63) is 56.7 Å². The van der Waals surface area contributed by atoms with Crippen LogP contribution in [0.15, 0.2) is 46.3 Å². The van der Waals surface area contributed by atoms with Gasteiger partial charge in [-0.3, -0.25) is 4.79 Å². The maximum Gasteiger partial charge on any atom is 0.417 e. The zero-order chi connectivity index (χ0) is 21.9. The second kappa shape index (κ2) is 9.31. The maximum absolute atomic E-state index is 13.0. The van der Waals surface area contributed by atoms with Crippen LogP contribution in [-0.4, -0.2) is 34.5 Å². The molecule has 0 unspecified atom stereocenters. The number of benzene rings is 1. The van der Waals surface area contributed by atoms with Gasteiger partial charge in [-0.05, 0) is 61.2 Å². The average molecular weight is 494 g/mol. The number of hydrogen-bond acceptors (Lipinski definition) is 6. The van der Waals surface area contributed by atoms with Gasteiger partial charge in [-0.15, -0.1) is 11.3 Å². The number of carbonyl (C=O) groups excluding carboxylic acids is 3. The second-order valence-corrected chi connectivity index (χ2v) is 10.1. The first-order chi connectivity index (χ1) is 14.1. The molecule has 0 saturated carbocycles. The first-order valence-corrected chi connectivity index (χ1v) is 11.3. The van der Waals surface area contributed by atoms with E-state index in [9.17, 15) is 14.4 Å². The van der Waals surface area contributed by atoms with E-state index in [4.69, 9.17) is 9.47 Å². The Morgan fingerprint density at radius 1 is 1.23 bits per heavy atom. The molecule has 0 aliphatic carbocycles. The van der Waals surface area contributed by atoms with E-state index < -0.39 is 35.5 Å². The molecule has 160 valence electrons. The number of halogens is 1. The molecule has 6 nitrogen and oxygen atoms in total. The minimum absolute atomic E-state index is 0.0784. The molecular formula is C22H24BrNO5S. The lowest BCUT2D eigenvalue weighted by atomic mass is 10.0. The monoisotopic (exact) mass is 493 g/mol. The molecule has 2 atom stereocenters. The van der Waals surface area contributed by atoms with E-state index in [-0.39, 0.29) is 13.0 Å². The molecule has 3 rings (SSSR count). The molecule has 2 heterocycles. The van der Waals surface area contributed by atoms with Crippen LogP contribution >= 0.6 is 27.3 Å². The Bertz CT molecular complexity index is 921. The third-order valence-electron chi connectivity index (χ3n) is 4.56. The normalized spacial score (nSPS) is 19.1. The Hall–Kier alpha value is -2.19. The first-order valence-electron chi connectivity index (χ1n) is 9.63. The summed E-state index contributed by atoms with van der Waals surface area (Å²) in [6, 6.07) is 10.2. The molecule has 1 aromatic carbocycles. The smallest absolute Gasteiger partial charge is 0.417 e. The zero-order valence-electron chi connectivity index (χ0n) is 17.1. The second-order valence-electron chi connectivity index (χ2n) is 8.17. The van der Waals surface area contributed by atoms with Crippen molar-refractivity contribution in [1.82, 2.24) is 4.90 Å². The van der Waals surface area contributed by atoms with Crippen molar-refractivity contribution >= 4 is 45.2 Å². The number of thiophene rings is 1. The van der Waals surface area contributed by atoms with Gasteiger partial charge < -0.3 is 9.47 Å². The number of ether oxygens (including phenoxy) is 2. The highest BCUT2D eigenvalue weighted by molar-refractivity contribution is 9.10. The lowest BCUT2D eigenvalue weighted by molar-refractivity contribution is -0.152. The summed E-state index contributed by atoms with van der Waals surface area (Å²) in [7, 11) is 0. The summed E-state index contributed by atoms with van der Waals surface area (Å²) in [6.45, 7) is 5.23. The van der Waals surface area contributed by atoms with Crippen LogP contribution < -0.4 is 0 Å². The van der Waals surface area contributed by atoms with Crippen molar-refractivity contribution in [3.63, 3.8) is 0 Å². The fourth-order valence-electron chi connectivity index (χ4n) is 3.26. The molecular weight excluding hydrogens is 470 g/mol. The summed E-state index contributed by atoms with van der Waals surface area (Å²) < 4.78 is 11.8. The van der Waals surface area contributed by atoms with Gasteiger partial charge in [-0.1, -0.05) is 30.3 Å². The number of rotatable bonds is 5. The van der Waals surface area contributed by atoms with Crippen LogP contribution in [0.5, 0.6) is 0 Å². The molecule has 0 N–H and O–H groups in total. The van der Waals surface area contributed by atoms with Crippen LogP contribution in [-0.2, 0) is 32.1 Å². The Morgan fingerprint density at radius 3 is 2.53 bits per heavy atom. The summed E-state index contributed by atoms with van der Waals surface area (Å²) in [6.07, 6.45) is -0.151. The van der Waals surface area contributed by atoms with Crippen molar-refractivity contribution in [2.45, 2.75) is 51.9 Å². The van der Waals surface area contributed by atoms with Gasteiger partial charge in [-0.25, -0.2) is 14.5 Å². The third-order valence-corrected chi connectivity index (χ3v) is 6.28. The van der Waals surface area contributed by atoms with Gasteiger partial charge in [0.05, 0.1) is 0 Å². The number of amides is 2. The molecule has 1 aromatic heterocycles. The van der Waals surface area contributed by atoms with Crippen LogP contribution in [0.3, 0.4) is 0 Å². The van der Waals surface area contributed by atoms with Crippen LogP contribution in [0.2, 0.25) is 0 Å². The van der Waals surface area contributed by atoms with E-state index in [1.54, 1.807) is 20.8 Å². The molecule has 1 saturated heterocycles. The van der Waals surface area contributed by atoms with E-state index in [1.165, 1.54) is 11.3 Å². The summed E-state index contributed by atoms with van der Waals surface area (Å²) in [5, 5.41) is 1.94. The summed E-state index contributed by atoms with van der Waals surface area (Å²) >= 11 is 4.93. The SMILES string of the molecule is CC(C)(C)OC(=O)N1C(=O)[C@@H](Cc2cc(Br)cs2)C[C@@H]1C(=O)OCc1ccccc1. The molecule has 0 spiro atoms. The number of carbonyl (C=O) groups is 3. The number of imide groups is 1. The minimum atomic E-state index is -0.996. The quantitative estimate of drug-likeness (QED) is 0.551. The van der Waals surface area contributed by atoms with Gasteiger partial charge in [0.2, 0.25) is 5.91 Å². The molecule has 2 amide bonds. The Morgan fingerprint density at radius 2 is 1.93 bits per heavy atom. The maximum atomic E-state index is 13.0. The van der Waals surface area contributed by atoms with Gasteiger partial charge in [0.15, 0.2) is 0 Å². The third kappa shape index (κ3) is 5.70. The zero-order valence-corrected chi connectivity index (χ0v) is 19.5. The van der Waals surface area contributed by atoms with Crippen molar-refractivity contribution in [2.75, 3.05) is 0 Å². The van der Waals surface area contributed by atoms with E-state index in [0.29, 0.717) is 6.42 Å². The molecule has 1 aliphatic rings. The van der Waals surface area contributed by atoms with Crippen LogP contribution in [0.4, 0.5) is 4.79 Å². The van der Waals surface area contributed by atoms with Crippen molar-refractivity contribution in [1.29, 1.82) is 0 Å². The minimum Gasteiger partial charge on any atom is -0.459 e. The van der Waals surface area contributed by atoms with Gasteiger partial charge in [-0.2, -0.15) is 0 Å². The van der Waals surface area contributed by atoms with E-state index in [1.807, 2.05) is 41.8 Å². The standard InChI is InChI=1S/C22H24BrNO5S/c1-22(2,3)29-21(27)24-18(20(26)28-12-14-7-5-4-6-8-14)10-15(19(24)25)9-17-11-16(23)13-30-17/h4-8,11,13,15,18H,9-10,12H2,1-3H3/t15-,18+/m0/s1. The summed E-state index contributed by atoms with van der Waals surface area (Å²) in [5.74, 6) is -1.50. The lowest BCUT2D eigenvalue weighted by Gasteiger charge is -2.26. The molecule has 0 radical (unpaired) electrons. The van der Waals surface area contributed by atoms with Crippen LogP contribution in [0.25, 0.3) is 0 Å². The van der Waals surface area contributed by atoms with Crippen LogP contribution in [0.1, 0.15) is 37.6 Å². The van der Waals surface area contributed by atoms with Gasteiger partial charge >= 0.3 is 12.1 Å². The predicted molar refractivity (Wildman–Crippen MR) is 117 cm³/mol. The summed E-state index contributed by atoms with van der Waals surface area (Å²) in [4.78, 5) is 40.5. The number of hydrogen-bond donors (Lipinski definition) is 0. The highest BCUT2D eigenvalue weighted by atomic mass is 79.9. The number of likely N-dealkylation sites (tertiary alicyclic amines) is 1. The predicted octanol–water partition coefficient (Wildman–Crippen LogP) is 4.95. The van der Waals surface area contributed by atoms with Crippen molar-refractivity contribution in [3.8, 4) is 0 Å². The lowest BCUT2D eigenvalue weighted by Crippen LogP contribution is -2.46. The Balaban J connectivity index is 1.76. The highest BCUT2D eigenvalue weighted by Gasteiger charge is 2.48. The number of nitrogens with zero attached hydrogens (tertiary/aromatic N) is 1. The Kier molecular flexibility index (Phi) is 6.98. The Labute approximate surface area is 188 Å². The fraction of sp³-hybridized carbons (Fsp3) is 0.409. The van der Waals surface area contributed by atoms with Crippen molar-refractivity contribution in [2.24, 2.45) is 5.92 Å². The number of esters is 1. The summed E-state index contributed by atoms with van der Waals surface area (Å²) in [5.41, 5.74) is 0.0472. The van der Waals surface area contributed by atoms with Crippen molar-refractivity contribution < 1.29 is 23.9 Å². The first kappa shape index (κ1) is 22.5. The van der Waals surface area contributed by atoms with Crippen LogP contribution in [0, 0.1) is 5.92 Å². The van der Waals surface area contributed by atoms with E-state index in [0.717, 1.165) is 19.8 Å². The molecule has 2 aromatic rings. The van der Waals surface area contributed by atoms with E-state index >= 15 is 0 Å². The molecule has 30 heavy (non-hydrogen) atoms. The van der Waals surface area contributed by atoms with Gasteiger partial charge in [0.25, 0.3) is 0 Å². The molecule has 1 aliphatic heterocycles. The topological polar surface area (TPSA) is 72.9 Å². The fourth-order valence-corrected chi connectivity index (χ4v) is 4.79. The molecule has 0 bridgehead atoms. The highest BCUT2D eigenvalue weighted by Crippen LogP contribution is 2.32. The van der Waals surface area contributed by atoms with Gasteiger partial charge in [0.1, 0.15) is 18.2 Å². The average Bonchev–Trinajstić information content (AvgIpc) is 3.23. The van der Waals surface area contributed by atoms with E-state index in [2.05, 4.69) is 15.9 Å². The van der Waals surface area contributed by atoms with Gasteiger partial charge in [0, 0.05) is 20.6 Å². The molecule has 8 heteroatoms.